The minimum atomic E-state index is -1.35. The van der Waals surface area contributed by atoms with Gasteiger partial charge in [0.15, 0.2) is 5.60 Å². The van der Waals surface area contributed by atoms with Crippen LogP contribution in [0.4, 0.5) is 5.69 Å². The van der Waals surface area contributed by atoms with Crippen molar-refractivity contribution in [1.29, 1.82) is 0 Å². The minimum absolute atomic E-state index is 0.219. The van der Waals surface area contributed by atoms with Crippen LogP contribution < -0.4 is 10.6 Å². The largest absolute Gasteiger partial charge is 0.445 e. The van der Waals surface area contributed by atoms with Crippen molar-refractivity contribution in [2.24, 2.45) is 0 Å². The van der Waals surface area contributed by atoms with Crippen LogP contribution in [0.1, 0.15) is 28.4 Å². The van der Waals surface area contributed by atoms with E-state index in [0.29, 0.717) is 11.3 Å². The third-order valence-corrected chi connectivity index (χ3v) is 4.93. The van der Waals surface area contributed by atoms with Crippen LogP contribution >= 0.6 is 15.9 Å². The summed E-state index contributed by atoms with van der Waals surface area (Å²) in [4.78, 5) is 36.9. The number of nitrogens with one attached hydrogen (secondary N) is 2. The van der Waals surface area contributed by atoms with E-state index in [1.54, 1.807) is 31.2 Å². The molecular weight excluding hydrogens is 412 g/mol. The maximum atomic E-state index is 12.6. The summed E-state index contributed by atoms with van der Waals surface area (Å²) >= 11 is 3.37. The topological polar surface area (TPSA) is 84.5 Å². The van der Waals surface area contributed by atoms with E-state index >= 15 is 0 Å². The van der Waals surface area contributed by atoms with E-state index in [1.165, 1.54) is 0 Å². The number of hydrogen-bond donors (Lipinski definition) is 2. The van der Waals surface area contributed by atoms with Gasteiger partial charge < -0.3 is 15.4 Å². The van der Waals surface area contributed by atoms with Crippen molar-refractivity contribution in [1.82, 2.24) is 5.32 Å². The first-order valence-corrected chi connectivity index (χ1v) is 9.23. The first-order chi connectivity index (χ1) is 12.8. The molecule has 6 nitrogen and oxygen atoms in total. The number of amides is 2. The number of hydrogen-bond acceptors (Lipinski definition) is 4. The van der Waals surface area contributed by atoms with Crippen molar-refractivity contribution >= 4 is 39.4 Å². The molecule has 7 heteroatoms. The van der Waals surface area contributed by atoms with Gasteiger partial charge in [-0.15, -0.1) is 0 Å². The van der Waals surface area contributed by atoms with Gasteiger partial charge in [-0.05, 0) is 49.2 Å². The van der Waals surface area contributed by atoms with Crippen LogP contribution in [-0.2, 0) is 20.7 Å². The molecule has 0 aromatic heterocycles. The van der Waals surface area contributed by atoms with E-state index in [4.69, 9.17) is 4.74 Å². The number of rotatable bonds is 4. The van der Waals surface area contributed by atoms with E-state index in [9.17, 15) is 14.4 Å². The van der Waals surface area contributed by atoms with Gasteiger partial charge in [-0.2, -0.15) is 0 Å². The number of ether oxygens (including phenoxy) is 1. The quantitative estimate of drug-likeness (QED) is 0.730. The summed E-state index contributed by atoms with van der Waals surface area (Å²) in [6, 6.07) is 12.5. The van der Waals surface area contributed by atoms with E-state index in [1.807, 2.05) is 25.1 Å². The Hall–Kier alpha value is -2.67. The molecule has 0 saturated carbocycles. The van der Waals surface area contributed by atoms with E-state index in [2.05, 4.69) is 26.6 Å². The molecule has 3 rings (SSSR count). The van der Waals surface area contributed by atoms with Gasteiger partial charge in [-0.1, -0.05) is 34.1 Å². The SMILES string of the molecule is Cc1cc(Br)ccc1NC(=O)CNC(=O)C1(C)Cc2ccccc2C(=O)O1. The number of anilines is 1. The summed E-state index contributed by atoms with van der Waals surface area (Å²) in [5.74, 6) is -1.41. The van der Waals surface area contributed by atoms with Crippen LogP contribution in [-0.4, -0.2) is 29.9 Å². The fourth-order valence-electron chi connectivity index (χ4n) is 2.97. The fourth-order valence-corrected chi connectivity index (χ4v) is 3.44. The van der Waals surface area contributed by atoms with Crippen LogP contribution in [0.25, 0.3) is 0 Å². The Morgan fingerprint density at radius 1 is 1.22 bits per heavy atom. The van der Waals surface area contributed by atoms with Crippen LogP contribution in [0.2, 0.25) is 0 Å². The Morgan fingerprint density at radius 2 is 1.96 bits per heavy atom. The van der Waals surface area contributed by atoms with Gasteiger partial charge in [-0.25, -0.2) is 4.79 Å². The molecule has 1 heterocycles. The normalized spacial score (nSPS) is 18.3. The lowest BCUT2D eigenvalue weighted by atomic mass is 9.89. The molecule has 0 fully saturated rings. The maximum absolute atomic E-state index is 12.6. The lowest BCUT2D eigenvalue weighted by Crippen LogP contribution is -2.52. The highest BCUT2D eigenvalue weighted by Crippen LogP contribution is 2.28. The molecule has 0 radical (unpaired) electrons. The lowest BCUT2D eigenvalue weighted by Gasteiger charge is -2.32. The molecule has 0 saturated heterocycles. The molecule has 0 spiro atoms. The van der Waals surface area contributed by atoms with Crippen molar-refractivity contribution in [3.8, 4) is 0 Å². The zero-order valence-corrected chi connectivity index (χ0v) is 16.6. The molecule has 2 amide bonds. The van der Waals surface area contributed by atoms with Crippen LogP contribution in [0, 0.1) is 6.92 Å². The number of cyclic esters (lactones) is 1. The lowest BCUT2D eigenvalue weighted by molar-refractivity contribution is -0.140. The summed E-state index contributed by atoms with van der Waals surface area (Å²) in [5.41, 5.74) is 1.43. The molecule has 2 aromatic carbocycles. The van der Waals surface area contributed by atoms with Gasteiger partial charge in [0.05, 0.1) is 12.1 Å². The zero-order chi connectivity index (χ0) is 19.6. The molecule has 27 heavy (non-hydrogen) atoms. The van der Waals surface area contributed by atoms with E-state index in [-0.39, 0.29) is 18.9 Å². The first-order valence-electron chi connectivity index (χ1n) is 8.44. The molecular formula is C20H19BrN2O4. The second kappa shape index (κ2) is 7.52. The van der Waals surface area contributed by atoms with Crippen molar-refractivity contribution in [2.45, 2.75) is 25.9 Å². The number of fused-ring (bicyclic) bond motifs is 1. The predicted molar refractivity (Wildman–Crippen MR) is 104 cm³/mol. The van der Waals surface area contributed by atoms with E-state index in [0.717, 1.165) is 15.6 Å². The molecule has 1 atom stereocenters. The molecule has 140 valence electrons. The smallest absolute Gasteiger partial charge is 0.339 e. The minimum Gasteiger partial charge on any atom is -0.445 e. The summed E-state index contributed by atoms with van der Waals surface area (Å²) in [5, 5.41) is 5.31. The third kappa shape index (κ3) is 4.19. The Kier molecular flexibility index (Phi) is 5.32. The Labute approximate surface area is 165 Å². The Morgan fingerprint density at radius 3 is 2.70 bits per heavy atom. The molecule has 0 bridgehead atoms. The Balaban J connectivity index is 1.62. The number of esters is 1. The fraction of sp³-hybridized carbons (Fsp3) is 0.250. The van der Waals surface area contributed by atoms with Gasteiger partial charge in [-0.3, -0.25) is 9.59 Å². The number of carbonyl (C=O) groups is 3. The molecule has 1 aliphatic heterocycles. The van der Waals surface area contributed by atoms with Crippen molar-refractivity contribution in [3.63, 3.8) is 0 Å². The summed E-state index contributed by atoms with van der Waals surface area (Å²) in [7, 11) is 0. The maximum Gasteiger partial charge on any atom is 0.339 e. The van der Waals surface area contributed by atoms with Gasteiger partial charge in [0, 0.05) is 16.6 Å². The Bertz CT molecular complexity index is 928. The van der Waals surface area contributed by atoms with Crippen LogP contribution in [0.5, 0.6) is 0 Å². The highest BCUT2D eigenvalue weighted by Gasteiger charge is 2.42. The molecule has 1 aliphatic rings. The van der Waals surface area contributed by atoms with E-state index < -0.39 is 17.5 Å². The molecule has 2 N–H and O–H groups in total. The zero-order valence-electron chi connectivity index (χ0n) is 15.0. The average molecular weight is 431 g/mol. The first kappa shape index (κ1) is 19.1. The van der Waals surface area contributed by atoms with Crippen LogP contribution in [0.15, 0.2) is 46.9 Å². The third-order valence-electron chi connectivity index (χ3n) is 4.44. The molecule has 2 aromatic rings. The number of benzene rings is 2. The van der Waals surface area contributed by atoms with Gasteiger partial charge >= 0.3 is 5.97 Å². The highest BCUT2D eigenvalue weighted by molar-refractivity contribution is 9.10. The summed E-state index contributed by atoms with van der Waals surface area (Å²) in [6.45, 7) is 3.20. The summed E-state index contributed by atoms with van der Waals surface area (Å²) in [6.07, 6.45) is 0.258. The predicted octanol–water partition coefficient (Wildman–Crippen LogP) is 2.98. The van der Waals surface area contributed by atoms with Crippen molar-refractivity contribution in [3.05, 3.63) is 63.6 Å². The number of aryl methyl sites for hydroxylation is 1. The van der Waals surface area contributed by atoms with Crippen molar-refractivity contribution in [2.75, 3.05) is 11.9 Å². The highest BCUT2D eigenvalue weighted by atomic mass is 79.9. The van der Waals surface area contributed by atoms with Gasteiger partial charge in [0.1, 0.15) is 0 Å². The second-order valence-electron chi connectivity index (χ2n) is 6.64. The number of halogens is 1. The van der Waals surface area contributed by atoms with Crippen molar-refractivity contribution < 1.29 is 19.1 Å². The van der Waals surface area contributed by atoms with Gasteiger partial charge in [0.2, 0.25) is 5.91 Å². The average Bonchev–Trinajstić information content (AvgIpc) is 2.62. The monoisotopic (exact) mass is 430 g/mol. The molecule has 1 unspecified atom stereocenters. The molecule has 0 aliphatic carbocycles. The second-order valence-corrected chi connectivity index (χ2v) is 7.56. The van der Waals surface area contributed by atoms with Crippen LogP contribution in [0.3, 0.4) is 0 Å². The number of carbonyl (C=O) groups excluding carboxylic acids is 3. The van der Waals surface area contributed by atoms with Gasteiger partial charge in [0.25, 0.3) is 5.91 Å². The standard InChI is InChI=1S/C20H19BrN2O4/c1-12-9-14(21)7-8-16(12)23-17(24)11-22-19(26)20(2)10-13-5-3-4-6-15(13)18(25)27-20/h3-9H,10-11H2,1-2H3,(H,22,26)(H,23,24). The summed E-state index contributed by atoms with van der Waals surface area (Å²) < 4.78 is 6.27.